The first-order chi connectivity index (χ1) is 17.0. The van der Waals surface area contributed by atoms with Crippen LogP contribution < -0.4 is 10.6 Å². The highest BCUT2D eigenvalue weighted by Crippen LogP contribution is 2.35. The summed E-state index contributed by atoms with van der Waals surface area (Å²) in [6.45, 7) is 2.07. The molecule has 0 spiro atoms. The van der Waals surface area contributed by atoms with E-state index in [0.29, 0.717) is 11.5 Å². The zero-order valence-corrected chi connectivity index (χ0v) is 19.4. The van der Waals surface area contributed by atoms with Crippen LogP contribution in [-0.2, 0) is 11.8 Å². The van der Waals surface area contributed by atoms with Crippen LogP contribution in [0.1, 0.15) is 16.7 Å². The number of aryl methyl sites for hydroxylation is 2. The molecule has 0 unspecified atom stereocenters. The van der Waals surface area contributed by atoms with E-state index in [1.54, 1.807) is 6.20 Å². The summed E-state index contributed by atoms with van der Waals surface area (Å²) in [5.41, 5.74) is 8.47. The topological polar surface area (TPSA) is 71.8 Å². The van der Waals surface area contributed by atoms with Crippen LogP contribution in [0, 0.1) is 6.92 Å². The SMILES string of the molecule is Cc1ccc(-c2ccnc(Nc3ccc4c(c3)c(/C=C3/C(=O)Nc5ccccc53)cn4C)n2)cc1. The highest BCUT2D eigenvalue weighted by molar-refractivity contribution is 6.35. The van der Waals surface area contributed by atoms with E-state index in [1.807, 2.05) is 55.7 Å². The molecule has 1 aliphatic rings. The maximum absolute atomic E-state index is 12.6. The number of carbonyl (C=O) groups is 1. The summed E-state index contributed by atoms with van der Waals surface area (Å²) in [5, 5.41) is 7.32. The second-order valence-corrected chi connectivity index (χ2v) is 8.74. The first kappa shape index (κ1) is 20.9. The van der Waals surface area contributed by atoms with E-state index in [0.717, 1.165) is 44.7 Å². The van der Waals surface area contributed by atoms with E-state index in [4.69, 9.17) is 4.98 Å². The fraction of sp³-hybridized carbons (Fsp3) is 0.0690. The van der Waals surface area contributed by atoms with Crippen LogP contribution in [0.25, 0.3) is 33.8 Å². The zero-order chi connectivity index (χ0) is 23.9. The molecule has 2 aromatic heterocycles. The molecule has 0 radical (unpaired) electrons. The van der Waals surface area contributed by atoms with Crippen molar-refractivity contribution in [3.05, 3.63) is 102 Å². The average Bonchev–Trinajstić information content (AvgIpc) is 3.35. The molecule has 3 heterocycles. The number of anilines is 3. The summed E-state index contributed by atoms with van der Waals surface area (Å²) >= 11 is 0. The lowest BCUT2D eigenvalue weighted by atomic mass is 10.0. The average molecular weight is 458 g/mol. The monoisotopic (exact) mass is 457 g/mol. The lowest BCUT2D eigenvalue weighted by molar-refractivity contribution is -0.110. The van der Waals surface area contributed by atoms with Crippen molar-refractivity contribution < 1.29 is 4.79 Å². The highest BCUT2D eigenvalue weighted by Gasteiger charge is 2.24. The van der Waals surface area contributed by atoms with Gasteiger partial charge in [-0.1, -0.05) is 48.0 Å². The van der Waals surface area contributed by atoms with Gasteiger partial charge in [-0.2, -0.15) is 0 Å². The predicted molar refractivity (Wildman–Crippen MR) is 141 cm³/mol. The largest absolute Gasteiger partial charge is 0.350 e. The van der Waals surface area contributed by atoms with Gasteiger partial charge in [0.1, 0.15) is 0 Å². The highest BCUT2D eigenvalue weighted by atomic mass is 16.2. The first-order valence-corrected chi connectivity index (χ1v) is 11.4. The van der Waals surface area contributed by atoms with Crippen LogP contribution in [-0.4, -0.2) is 20.4 Å². The summed E-state index contributed by atoms with van der Waals surface area (Å²) in [7, 11) is 2.01. The molecular formula is C29H23N5O. The van der Waals surface area contributed by atoms with E-state index >= 15 is 0 Å². The predicted octanol–water partition coefficient (Wildman–Crippen LogP) is 6.18. The molecule has 170 valence electrons. The van der Waals surface area contributed by atoms with Gasteiger partial charge in [0.25, 0.3) is 5.91 Å². The fourth-order valence-electron chi connectivity index (χ4n) is 4.49. The maximum Gasteiger partial charge on any atom is 0.256 e. The minimum absolute atomic E-state index is 0.0844. The minimum Gasteiger partial charge on any atom is -0.350 e. The second kappa shape index (κ2) is 8.25. The number of nitrogens with one attached hydrogen (secondary N) is 2. The number of benzene rings is 3. The lowest BCUT2D eigenvalue weighted by Gasteiger charge is -2.08. The number of amides is 1. The molecule has 2 N–H and O–H groups in total. The molecular weight excluding hydrogens is 434 g/mol. The van der Waals surface area contributed by atoms with Gasteiger partial charge in [-0.3, -0.25) is 4.79 Å². The number of hydrogen-bond acceptors (Lipinski definition) is 4. The van der Waals surface area contributed by atoms with Crippen molar-refractivity contribution in [2.45, 2.75) is 6.92 Å². The van der Waals surface area contributed by atoms with Crippen molar-refractivity contribution >= 4 is 45.8 Å². The van der Waals surface area contributed by atoms with Crippen LogP contribution in [0.4, 0.5) is 17.3 Å². The van der Waals surface area contributed by atoms with E-state index < -0.39 is 0 Å². The Bertz CT molecular complexity index is 1630. The van der Waals surface area contributed by atoms with Crippen LogP contribution in [0.5, 0.6) is 0 Å². The van der Waals surface area contributed by atoms with E-state index in [-0.39, 0.29) is 5.91 Å². The molecule has 6 rings (SSSR count). The van der Waals surface area contributed by atoms with Gasteiger partial charge in [0.15, 0.2) is 0 Å². The standard InChI is InChI=1S/C29H23N5O/c1-18-7-9-19(10-8-18)25-13-14-30-29(33-25)31-21-11-12-27-23(16-21)20(17-34(27)2)15-24-22-5-3-4-6-26(22)32-28(24)35/h3-17H,1-2H3,(H,32,35)(H,30,31,33)/b24-15+. The number of aromatic nitrogens is 3. The van der Waals surface area contributed by atoms with Gasteiger partial charge in [-0.25, -0.2) is 9.97 Å². The zero-order valence-electron chi connectivity index (χ0n) is 19.4. The van der Waals surface area contributed by atoms with Gasteiger partial charge in [0.05, 0.1) is 5.69 Å². The van der Waals surface area contributed by atoms with E-state index in [2.05, 4.69) is 63.5 Å². The van der Waals surface area contributed by atoms with Crippen molar-refractivity contribution in [3.8, 4) is 11.3 Å². The van der Waals surface area contributed by atoms with Crippen LogP contribution in [0.3, 0.4) is 0 Å². The van der Waals surface area contributed by atoms with Gasteiger partial charge < -0.3 is 15.2 Å². The Balaban J connectivity index is 1.36. The smallest absolute Gasteiger partial charge is 0.256 e. The lowest BCUT2D eigenvalue weighted by Crippen LogP contribution is -2.03. The molecule has 0 bridgehead atoms. The minimum atomic E-state index is -0.0844. The number of hydrogen-bond donors (Lipinski definition) is 2. The molecule has 0 saturated carbocycles. The van der Waals surface area contributed by atoms with Crippen molar-refractivity contribution in [3.63, 3.8) is 0 Å². The second-order valence-electron chi connectivity index (χ2n) is 8.74. The summed E-state index contributed by atoms with van der Waals surface area (Å²) in [6.07, 6.45) is 5.77. The first-order valence-electron chi connectivity index (χ1n) is 11.4. The molecule has 0 aliphatic carbocycles. The Morgan fingerprint density at radius 1 is 1.00 bits per heavy atom. The van der Waals surface area contributed by atoms with Gasteiger partial charge in [0.2, 0.25) is 5.95 Å². The normalized spacial score (nSPS) is 13.8. The number of para-hydroxylation sites is 1. The van der Waals surface area contributed by atoms with Crippen molar-refractivity contribution in [1.82, 2.24) is 14.5 Å². The Kier molecular flexibility index (Phi) is 4.92. The Hall–Kier alpha value is -4.71. The maximum atomic E-state index is 12.6. The van der Waals surface area contributed by atoms with Gasteiger partial charge in [-0.05, 0) is 43.3 Å². The van der Waals surface area contributed by atoms with Gasteiger partial charge in [0, 0.05) is 64.0 Å². The molecule has 0 atom stereocenters. The van der Waals surface area contributed by atoms with Crippen molar-refractivity contribution in [2.75, 3.05) is 10.6 Å². The van der Waals surface area contributed by atoms with Crippen LogP contribution in [0.2, 0.25) is 0 Å². The van der Waals surface area contributed by atoms with E-state index in [1.165, 1.54) is 5.56 Å². The molecule has 35 heavy (non-hydrogen) atoms. The number of fused-ring (bicyclic) bond motifs is 2. The third-order valence-corrected chi connectivity index (χ3v) is 6.29. The molecule has 1 aliphatic heterocycles. The molecule has 0 saturated heterocycles. The molecule has 6 heteroatoms. The van der Waals surface area contributed by atoms with Gasteiger partial charge >= 0.3 is 0 Å². The molecule has 1 amide bonds. The fourth-order valence-corrected chi connectivity index (χ4v) is 4.49. The third kappa shape index (κ3) is 3.85. The summed E-state index contributed by atoms with van der Waals surface area (Å²) in [5.74, 6) is 0.446. The Morgan fingerprint density at radius 3 is 2.69 bits per heavy atom. The summed E-state index contributed by atoms with van der Waals surface area (Å²) in [4.78, 5) is 21.8. The summed E-state index contributed by atoms with van der Waals surface area (Å²) < 4.78 is 2.07. The molecule has 3 aromatic carbocycles. The molecule has 5 aromatic rings. The Morgan fingerprint density at radius 2 is 1.83 bits per heavy atom. The quantitative estimate of drug-likeness (QED) is 0.316. The van der Waals surface area contributed by atoms with Crippen LogP contribution in [0.15, 0.2) is 85.2 Å². The van der Waals surface area contributed by atoms with Gasteiger partial charge in [-0.15, -0.1) is 0 Å². The van der Waals surface area contributed by atoms with Crippen LogP contribution >= 0.6 is 0 Å². The third-order valence-electron chi connectivity index (χ3n) is 6.29. The number of nitrogens with zero attached hydrogens (tertiary/aromatic N) is 3. The van der Waals surface area contributed by atoms with E-state index in [9.17, 15) is 4.79 Å². The summed E-state index contributed by atoms with van der Waals surface area (Å²) in [6, 6.07) is 24.1. The Labute approximate surface area is 203 Å². The van der Waals surface area contributed by atoms with Crippen molar-refractivity contribution in [1.29, 1.82) is 0 Å². The van der Waals surface area contributed by atoms with Crippen molar-refractivity contribution in [2.24, 2.45) is 7.05 Å². The number of rotatable bonds is 4. The number of carbonyl (C=O) groups excluding carboxylic acids is 1. The molecule has 0 fully saturated rings. The molecule has 6 nitrogen and oxygen atoms in total.